The highest BCUT2D eigenvalue weighted by atomic mass is 16.7. The summed E-state index contributed by atoms with van der Waals surface area (Å²) in [6.45, 7) is 6.69. The molecule has 4 N–H and O–H groups in total. The number of hydrogen-bond acceptors (Lipinski definition) is 7. The quantitative estimate of drug-likeness (QED) is 0.297. The van der Waals surface area contributed by atoms with E-state index in [0.29, 0.717) is 0 Å². The summed E-state index contributed by atoms with van der Waals surface area (Å²) in [7, 11) is 1.41. The van der Waals surface area contributed by atoms with Gasteiger partial charge in [0.05, 0.1) is 5.56 Å². The molecule has 28 heavy (non-hydrogen) atoms. The molecule has 0 saturated heterocycles. The summed E-state index contributed by atoms with van der Waals surface area (Å²) in [6.07, 6.45) is -0.826. The smallest absolute Gasteiger partial charge is 0.412 e. The molecule has 0 heterocycles. The average molecular weight is 397 g/mol. The van der Waals surface area contributed by atoms with Crippen molar-refractivity contribution in [1.82, 2.24) is 10.6 Å². The lowest BCUT2D eigenvalue weighted by molar-refractivity contribution is -0.118. The maximum Gasteiger partial charge on any atom is 0.412 e. The lowest BCUT2D eigenvalue weighted by Gasteiger charge is -2.21. The first-order valence-corrected chi connectivity index (χ1v) is 8.55. The molecule has 10 nitrogen and oxygen atoms in total. The van der Waals surface area contributed by atoms with Gasteiger partial charge in [0.2, 0.25) is 5.91 Å². The van der Waals surface area contributed by atoms with Crippen LogP contribution in [-0.4, -0.2) is 55.6 Å². The van der Waals surface area contributed by atoms with E-state index >= 15 is 0 Å². The second-order valence-electron chi connectivity index (χ2n) is 6.75. The van der Waals surface area contributed by atoms with Gasteiger partial charge in [0, 0.05) is 27.1 Å². The van der Waals surface area contributed by atoms with E-state index in [4.69, 9.17) is 14.2 Å². The molecule has 1 aromatic rings. The van der Waals surface area contributed by atoms with Gasteiger partial charge in [-0.3, -0.25) is 14.9 Å². The number of benzene rings is 1. The third-order valence-corrected chi connectivity index (χ3v) is 3.13. The van der Waals surface area contributed by atoms with Gasteiger partial charge in [0.25, 0.3) is 5.91 Å². The monoisotopic (exact) mass is 397 g/mol. The minimum Gasteiger partial charge on any atom is -0.505 e. The Morgan fingerprint density at radius 3 is 2.32 bits per heavy atom. The van der Waals surface area contributed by atoms with Crippen molar-refractivity contribution in [1.29, 1.82) is 0 Å². The molecule has 0 atom stereocenters. The fourth-order valence-electron chi connectivity index (χ4n) is 2.03. The zero-order chi connectivity index (χ0) is 21.3. The Hall–Kier alpha value is -3.01. The van der Waals surface area contributed by atoms with Crippen molar-refractivity contribution >= 4 is 23.6 Å². The highest BCUT2D eigenvalue weighted by molar-refractivity contribution is 6.01. The van der Waals surface area contributed by atoms with Crippen molar-refractivity contribution in [2.24, 2.45) is 0 Å². The molecule has 0 aliphatic carbocycles. The summed E-state index contributed by atoms with van der Waals surface area (Å²) in [6, 6.07) is 2.75. The molecule has 156 valence electrons. The van der Waals surface area contributed by atoms with E-state index in [1.807, 2.05) is 0 Å². The Bertz CT molecular complexity index is 714. The number of amides is 3. The van der Waals surface area contributed by atoms with E-state index in [9.17, 15) is 19.5 Å². The number of hydrogen-bond donors (Lipinski definition) is 4. The number of anilines is 1. The number of phenols is 1. The molecule has 10 heteroatoms. The van der Waals surface area contributed by atoms with Crippen molar-refractivity contribution in [2.45, 2.75) is 33.3 Å². The molecule has 0 unspecified atom stereocenters. The van der Waals surface area contributed by atoms with Crippen LogP contribution in [0.1, 0.15) is 38.1 Å². The maximum absolute atomic E-state index is 12.3. The van der Waals surface area contributed by atoms with Crippen molar-refractivity contribution in [3.63, 3.8) is 0 Å². The zero-order valence-electron chi connectivity index (χ0n) is 16.7. The topological polar surface area (TPSA) is 135 Å². The third kappa shape index (κ3) is 7.70. The number of rotatable bonds is 8. The van der Waals surface area contributed by atoms with Gasteiger partial charge in [-0.05, 0) is 32.9 Å². The zero-order valence-corrected chi connectivity index (χ0v) is 16.7. The van der Waals surface area contributed by atoms with Gasteiger partial charge < -0.3 is 30.0 Å². The van der Waals surface area contributed by atoms with Crippen molar-refractivity contribution in [3.05, 3.63) is 17.7 Å². The molecular formula is C18H27N3O7. The van der Waals surface area contributed by atoms with E-state index in [0.717, 1.165) is 0 Å². The Balaban J connectivity index is 3.02. The number of carbonyl (C=O) groups is 3. The van der Waals surface area contributed by atoms with Gasteiger partial charge in [0.1, 0.15) is 17.0 Å². The molecule has 1 aromatic carbocycles. The Morgan fingerprint density at radius 1 is 1.11 bits per heavy atom. The van der Waals surface area contributed by atoms with E-state index in [1.54, 1.807) is 20.8 Å². The number of phenolic OH excluding ortho intramolecular Hbond substituents is 1. The number of methoxy groups -OCH3 is 1. The summed E-state index contributed by atoms with van der Waals surface area (Å²) >= 11 is 0. The summed E-state index contributed by atoms with van der Waals surface area (Å²) < 4.78 is 15.3. The van der Waals surface area contributed by atoms with E-state index < -0.39 is 23.4 Å². The summed E-state index contributed by atoms with van der Waals surface area (Å²) in [4.78, 5) is 35.2. The Kier molecular flexibility index (Phi) is 8.52. The lowest BCUT2D eigenvalue weighted by Crippen LogP contribution is -2.33. The minimum atomic E-state index is -0.826. The first-order chi connectivity index (χ1) is 13.0. The predicted molar refractivity (Wildman–Crippen MR) is 101 cm³/mol. The fourth-order valence-corrected chi connectivity index (χ4v) is 2.03. The summed E-state index contributed by atoms with van der Waals surface area (Å²) in [5.74, 6) is -1.20. The van der Waals surface area contributed by atoms with Crippen LogP contribution in [0.2, 0.25) is 0 Å². The normalized spacial score (nSPS) is 10.8. The van der Waals surface area contributed by atoms with E-state index in [2.05, 4.69) is 16.0 Å². The first-order valence-electron chi connectivity index (χ1n) is 8.55. The number of carbonyl (C=O) groups excluding carboxylic acids is 3. The molecule has 0 aliphatic rings. The third-order valence-electron chi connectivity index (χ3n) is 3.13. The van der Waals surface area contributed by atoms with Gasteiger partial charge >= 0.3 is 6.09 Å². The van der Waals surface area contributed by atoms with E-state index in [-0.39, 0.29) is 42.8 Å². The summed E-state index contributed by atoms with van der Waals surface area (Å²) in [5, 5.41) is 18.0. The highest BCUT2D eigenvalue weighted by Crippen LogP contribution is 2.37. The van der Waals surface area contributed by atoms with Crippen LogP contribution in [0.3, 0.4) is 0 Å². The molecule has 0 fully saturated rings. The van der Waals surface area contributed by atoms with Crippen molar-refractivity contribution in [2.75, 3.05) is 32.3 Å². The molecule has 0 radical (unpaired) electrons. The SMILES string of the molecule is COCOc1ccc(C(=O)NCCNC(C)=O)c(O)c1NC(=O)OC(C)(C)C. The van der Waals surface area contributed by atoms with Gasteiger partial charge in [0.15, 0.2) is 12.5 Å². The van der Waals surface area contributed by atoms with Crippen LogP contribution in [0.15, 0.2) is 12.1 Å². The molecule has 0 aliphatic heterocycles. The van der Waals surface area contributed by atoms with Crippen LogP contribution in [0.25, 0.3) is 0 Å². The first kappa shape index (κ1) is 23.0. The van der Waals surface area contributed by atoms with Crippen LogP contribution < -0.4 is 20.7 Å². The molecule has 0 spiro atoms. The second-order valence-corrected chi connectivity index (χ2v) is 6.75. The van der Waals surface area contributed by atoms with Crippen LogP contribution in [0.4, 0.5) is 10.5 Å². The predicted octanol–water partition coefficient (Wildman–Crippen LogP) is 1.59. The van der Waals surface area contributed by atoms with Gasteiger partial charge in [-0.15, -0.1) is 0 Å². The van der Waals surface area contributed by atoms with E-state index in [1.165, 1.54) is 26.2 Å². The van der Waals surface area contributed by atoms with Crippen LogP contribution in [-0.2, 0) is 14.3 Å². The fraction of sp³-hybridized carbons (Fsp3) is 0.500. The Morgan fingerprint density at radius 2 is 1.75 bits per heavy atom. The second kappa shape index (κ2) is 10.4. The van der Waals surface area contributed by atoms with Crippen LogP contribution >= 0.6 is 0 Å². The van der Waals surface area contributed by atoms with Gasteiger partial charge in [-0.2, -0.15) is 0 Å². The van der Waals surface area contributed by atoms with Crippen molar-refractivity contribution in [3.8, 4) is 11.5 Å². The number of aromatic hydroxyl groups is 1. The molecule has 0 saturated carbocycles. The summed E-state index contributed by atoms with van der Waals surface area (Å²) in [5.41, 5.74) is -0.967. The molecule has 0 aromatic heterocycles. The highest BCUT2D eigenvalue weighted by Gasteiger charge is 2.23. The van der Waals surface area contributed by atoms with Crippen molar-refractivity contribution < 1.29 is 33.7 Å². The molecular weight excluding hydrogens is 370 g/mol. The van der Waals surface area contributed by atoms with Gasteiger partial charge in [-0.1, -0.05) is 0 Å². The molecule has 3 amide bonds. The minimum absolute atomic E-state index is 0.0846. The lowest BCUT2D eigenvalue weighted by atomic mass is 10.1. The Labute approximate surface area is 163 Å². The molecule has 0 bridgehead atoms. The number of nitrogens with one attached hydrogen (secondary N) is 3. The van der Waals surface area contributed by atoms with Gasteiger partial charge in [-0.25, -0.2) is 4.79 Å². The standard InChI is InChI=1S/C18H27N3O7/c1-11(22)19-8-9-20-16(24)12-6-7-13(27-10-26-5)14(15(12)23)21-17(25)28-18(2,3)4/h6-7,23H,8-10H2,1-5H3,(H,19,22)(H,20,24)(H,21,25). The average Bonchev–Trinajstić information content (AvgIpc) is 2.57. The van der Waals surface area contributed by atoms with Crippen LogP contribution in [0.5, 0.6) is 11.5 Å². The molecule has 1 rings (SSSR count). The maximum atomic E-state index is 12.3. The largest absolute Gasteiger partial charge is 0.505 e. The number of ether oxygens (including phenoxy) is 3. The van der Waals surface area contributed by atoms with Crippen LogP contribution in [0, 0.1) is 0 Å².